The molecule has 4 heteroatoms. The fraction of sp³-hybridized carbons (Fsp3) is 0.296. The fourth-order valence-corrected chi connectivity index (χ4v) is 4.41. The molecular formula is C27H30N2O2. The van der Waals surface area contributed by atoms with Crippen molar-refractivity contribution in [1.29, 1.82) is 0 Å². The summed E-state index contributed by atoms with van der Waals surface area (Å²) in [7, 11) is 0. The lowest BCUT2D eigenvalue weighted by atomic mass is 9.90. The Kier molecular flexibility index (Phi) is 7.13. The second kappa shape index (κ2) is 10.4. The molecule has 1 heterocycles. The quantitative estimate of drug-likeness (QED) is 0.590. The molecule has 1 aliphatic rings. The van der Waals surface area contributed by atoms with Crippen molar-refractivity contribution < 1.29 is 9.90 Å². The molecule has 0 aromatic heterocycles. The Bertz CT molecular complexity index is 907. The van der Waals surface area contributed by atoms with Crippen molar-refractivity contribution >= 4 is 5.91 Å². The topological polar surface area (TPSA) is 52.6 Å². The molecular weight excluding hydrogens is 384 g/mol. The molecule has 2 unspecified atom stereocenters. The molecule has 4 nitrogen and oxygen atoms in total. The summed E-state index contributed by atoms with van der Waals surface area (Å²) in [5.41, 5.74) is 3.19. The minimum atomic E-state index is -0.340. The van der Waals surface area contributed by atoms with Gasteiger partial charge in [0.1, 0.15) is 0 Å². The number of likely N-dealkylation sites (tertiary alicyclic amines) is 1. The summed E-state index contributed by atoms with van der Waals surface area (Å²) in [5, 5.41) is 13.2. The number of amides is 1. The lowest BCUT2D eigenvalue weighted by molar-refractivity contribution is -0.121. The van der Waals surface area contributed by atoms with Crippen molar-refractivity contribution in [3.8, 4) is 0 Å². The van der Waals surface area contributed by atoms with Crippen molar-refractivity contribution in [1.82, 2.24) is 10.2 Å². The van der Waals surface area contributed by atoms with Gasteiger partial charge in [-0.15, -0.1) is 0 Å². The van der Waals surface area contributed by atoms with Crippen LogP contribution in [0.3, 0.4) is 0 Å². The summed E-state index contributed by atoms with van der Waals surface area (Å²) in [5.74, 6) is -0.158. The molecule has 4 rings (SSSR count). The molecule has 1 aliphatic heterocycles. The molecule has 1 saturated heterocycles. The van der Waals surface area contributed by atoms with Crippen LogP contribution in [0.25, 0.3) is 0 Å². The van der Waals surface area contributed by atoms with E-state index in [2.05, 4.69) is 22.3 Å². The Labute approximate surface area is 184 Å². The van der Waals surface area contributed by atoms with Gasteiger partial charge in [0.15, 0.2) is 0 Å². The van der Waals surface area contributed by atoms with E-state index in [1.807, 2.05) is 78.9 Å². The van der Waals surface area contributed by atoms with Gasteiger partial charge in [0.2, 0.25) is 5.91 Å². The fourth-order valence-electron chi connectivity index (χ4n) is 4.41. The van der Waals surface area contributed by atoms with Crippen LogP contribution in [-0.4, -0.2) is 48.2 Å². The van der Waals surface area contributed by atoms with Gasteiger partial charge in [-0.05, 0) is 23.1 Å². The zero-order chi connectivity index (χ0) is 21.5. The number of benzene rings is 3. The first kappa shape index (κ1) is 21.3. The Morgan fingerprint density at radius 1 is 0.871 bits per heavy atom. The smallest absolute Gasteiger partial charge is 0.232 e. The highest BCUT2D eigenvalue weighted by Crippen LogP contribution is 2.26. The van der Waals surface area contributed by atoms with Gasteiger partial charge in [-0.2, -0.15) is 0 Å². The Morgan fingerprint density at radius 3 is 1.87 bits per heavy atom. The van der Waals surface area contributed by atoms with Gasteiger partial charge < -0.3 is 10.4 Å². The molecule has 2 atom stereocenters. The maximum Gasteiger partial charge on any atom is 0.232 e. The maximum absolute atomic E-state index is 13.4. The summed E-state index contributed by atoms with van der Waals surface area (Å²) in [6.45, 7) is 2.98. The van der Waals surface area contributed by atoms with Gasteiger partial charge in [0, 0.05) is 32.1 Å². The van der Waals surface area contributed by atoms with E-state index in [0.717, 1.165) is 30.6 Å². The molecule has 2 N–H and O–H groups in total. The van der Waals surface area contributed by atoms with E-state index >= 15 is 0 Å². The highest BCUT2D eigenvalue weighted by molar-refractivity contribution is 5.87. The lowest BCUT2D eigenvalue weighted by Crippen LogP contribution is -2.37. The first-order valence-electron chi connectivity index (χ1n) is 11.0. The van der Waals surface area contributed by atoms with Gasteiger partial charge in [-0.1, -0.05) is 91.0 Å². The molecule has 0 saturated carbocycles. The minimum Gasteiger partial charge on any atom is -0.392 e. The van der Waals surface area contributed by atoms with Crippen molar-refractivity contribution in [3.63, 3.8) is 0 Å². The Hall–Kier alpha value is -2.95. The van der Waals surface area contributed by atoms with Gasteiger partial charge in [-0.25, -0.2) is 0 Å². The molecule has 1 amide bonds. The number of hydrogen-bond donors (Lipinski definition) is 2. The van der Waals surface area contributed by atoms with Crippen LogP contribution in [0.5, 0.6) is 0 Å². The summed E-state index contributed by atoms with van der Waals surface area (Å²) in [4.78, 5) is 15.7. The van der Waals surface area contributed by atoms with Crippen molar-refractivity contribution in [2.24, 2.45) is 0 Å². The van der Waals surface area contributed by atoms with E-state index in [-0.39, 0.29) is 23.8 Å². The molecule has 0 bridgehead atoms. The number of nitrogens with zero attached hydrogens (tertiary/aromatic N) is 1. The Balaban J connectivity index is 1.51. The second-order valence-corrected chi connectivity index (χ2v) is 8.31. The number of carbonyl (C=O) groups excluding carboxylic acids is 1. The van der Waals surface area contributed by atoms with E-state index in [1.165, 1.54) is 5.56 Å². The Morgan fingerprint density at radius 2 is 1.39 bits per heavy atom. The molecule has 1 fully saturated rings. The monoisotopic (exact) mass is 414 g/mol. The number of β-amino-alcohol motifs (C(OH)–C–C–N with tert-alkyl or cyclic N) is 1. The van der Waals surface area contributed by atoms with E-state index in [0.29, 0.717) is 13.1 Å². The van der Waals surface area contributed by atoms with Crippen LogP contribution in [0.4, 0.5) is 0 Å². The van der Waals surface area contributed by atoms with Gasteiger partial charge in [0.05, 0.1) is 12.0 Å². The molecule has 160 valence electrons. The average Bonchev–Trinajstić information content (AvgIpc) is 3.23. The molecule has 3 aromatic rings. The van der Waals surface area contributed by atoms with Crippen LogP contribution in [0.2, 0.25) is 0 Å². The van der Waals surface area contributed by atoms with Crippen LogP contribution in [-0.2, 0) is 4.79 Å². The van der Waals surface area contributed by atoms with Crippen molar-refractivity contribution in [2.75, 3.05) is 26.2 Å². The summed E-state index contributed by atoms with van der Waals surface area (Å²) >= 11 is 0. The third-order valence-electron chi connectivity index (χ3n) is 6.05. The van der Waals surface area contributed by atoms with E-state index in [9.17, 15) is 9.90 Å². The summed E-state index contributed by atoms with van der Waals surface area (Å²) < 4.78 is 0. The van der Waals surface area contributed by atoms with Crippen LogP contribution in [0.15, 0.2) is 91.0 Å². The number of aliphatic hydroxyl groups excluding tert-OH is 1. The number of rotatable bonds is 8. The SMILES string of the molecule is O=C(NCC(CN1CCC(O)C1)c1ccccc1)C(c1ccccc1)c1ccccc1. The summed E-state index contributed by atoms with van der Waals surface area (Å²) in [6.07, 6.45) is 0.573. The van der Waals surface area contributed by atoms with Crippen LogP contribution in [0, 0.1) is 0 Å². The van der Waals surface area contributed by atoms with Crippen LogP contribution >= 0.6 is 0 Å². The number of hydrogen-bond acceptors (Lipinski definition) is 3. The number of carbonyl (C=O) groups is 1. The van der Waals surface area contributed by atoms with E-state index in [1.54, 1.807) is 0 Å². The predicted octanol–water partition coefficient (Wildman–Crippen LogP) is 3.79. The van der Waals surface area contributed by atoms with Crippen molar-refractivity contribution in [2.45, 2.75) is 24.4 Å². The van der Waals surface area contributed by atoms with Gasteiger partial charge in [-0.3, -0.25) is 9.69 Å². The highest BCUT2D eigenvalue weighted by atomic mass is 16.3. The first-order chi connectivity index (χ1) is 15.2. The van der Waals surface area contributed by atoms with Crippen LogP contribution < -0.4 is 5.32 Å². The normalized spacial score (nSPS) is 17.5. The minimum absolute atomic E-state index is 0.0137. The van der Waals surface area contributed by atoms with Gasteiger partial charge in [0.25, 0.3) is 0 Å². The highest BCUT2D eigenvalue weighted by Gasteiger charge is 2.26. The average molecular weight is 415 g/mol. The molecule has 31 heavy (non-hydrogen) atoms. The number of aliphatic hydroxyl groups is 1. The first-order valence-corrected chi connectivity index (χ1v) is 11.0. The number of nitrogens with one attached hydrogen (secondary N) is 1. The largest absolute Gasteiger partial charge is 0.392 e. The van der Waals surface area contributed by atoms with Crippen LogP contribution in [0.1, 0.15) is 34.9 Å². The zero-order valence-corrected chi connectivity index (χ0v) is 17.7. The zero-order valence-electron chi connectivity index (χ0n) is 17.7. The summed E-state index contributed by atoms with van der Waals surface area (Å²) in [6, 6.07) is 30.2. The molecule has 3 aromatic carbocycles. The lowest BCUT2D eigenvalue weighted by Gasteiger charge is -2.25. The third-order valence-corrected chi connectivity index (χ3v) is 6.05. The molecule has 0 spiro atoms. The van der Waals surface area contributed by atoms with E-state index < -0.39 is 0 Å². The maximum atomic E-state index is 13.4. The second-order valence-electron chi connectivity index (χ2n) is 8.31. The predicted molar refractivity (Wildman–Crippen MR) is 124 cm³/mol. The standard InChI is InChI=1S/C27H30N2O2/c30-25-16-17-29(20-25)19-24(21-10-4-1-5-11-21)18-28-27(31)26(22-12-6-2-7-13-22)23-14-8-3-9-15-23/h1-15,24-26,30H,16-20H2,(H,28,31). The molecule has 0 radical (unpaired) electrons. The molecule has 0 aliphatic carbocycles. The third kappa shape index (κ3) is 5.60. The van der Waals surface area contributed by atoms with E-state index in [4.69, 9.17) is 0 Å². The van der Waals surface area contributed by atoms with Crippen molar-refractivity contribution in [3.05, 3.63) is 108 Å². The van der Waals surface area contributed by atoms with Gasteiger partial charge >= 0.3 is 0 Å².